The van der Waals surface area contributed by atoms with Crippen molar-refractivity contribution in [2.75, 3.05) is 11.9 Å². The number of ether oxygens (including phenoxy) is 1. The first kappa shape index (κ1) is 17.5. The molecular weight excluding hydrogens is 353 g/mol. The highest BCUT2D eigenvalue weighted by Crippen LogP contribution is 2.27. The van der Waals surface area contributed by atoms with Crippen LogP contribution in [0, 0.1) is 5.82 Å². The second kappa shape index (κ2) is 7.30. The highest BCUT2D eigenvalue weighted by atomic mass is 35.5. The van der Waals surface area contributed by atoms with Crippen LogP contribution < -0.4 is 11.0 Å². The van der Waals surface area contributed by atoms with E-state index in [2.05, 4.69) is 10.3 Å². The molecule has 2 atom stereocenters. The summed E-state index contributed by atoms with van der Waals surface area (Å²) in [4.78, 5) is 27.8. The molecule has 1 fully saturated rings. The van der Waals surface area contributed by atoms with Gasteiger partial charge in [0.1, 0.15) is 6.23 Å². The lowest BCUT2D eigenvalue weighted by Gasteiger charge is -2.15. The molecule has 25 heavy (non-hydrogen) atoms. The minimum Gasteiger partial charge on any atom is -0.394 e. The number of nitrogens with one attached hydrogen (secondary N) is 1. The lowest BCUT2D eigenvalue weighted by molar-refractivity contribution is -0.0249. The van der Waals surface area contributed by atoms with Crippen molar-refractivity contribution in [2.45, 2.75) is 25.2 Å². The standard InChI is InChI=1S/C16H15ClFN3O4/c17-10-3-1-9(2-4-10)15(23)19-14-12(18)7-21(16(24)20-14)13-6-5-11(8-22)25-13/h1-4,7,11,13,22H,5-6,8H2,(H,19,20,23,24). The van der Waals surface area contributed by atoms with Crippen LogP contribution in [-0.4, -0.2) is 33.3 Å². The van der Waals surface area contributed by atoms with Crippen molar-refractivity contribution in [1.29, 1.82) is 0 Å². The highest BCUT2D eigenvalue weighted by molar-refractivity contribution is 6.30. The van der Waals surface area contributed by atoms with Gasteiger partial charge in [-0.05, 0) is 37.1 Å². The van der Waals surface area contributed by atoms with Crippen LogP contribution in [0.4, 0.5) is 10.2 Å². The Kier molecular flexibility index (Phi) is 5.12. The van der Waals surface area contributed by atoms with Gasteiger partial charge in [0.25, 0.3) is 5.91 Å². The average molecular weight is 368 g/mol. The van der Waals surface area contributed by atoms with Crippen LogP contribution in [0.5, 0.6) is 0 Å². The first-order chi connectivity index (χ1) is 12.0. The van der Waals surface area contributed by atoms with E-state index in [0.717, 1.165) is 10.8 Å². The maximum atomic E-state index is 14.2. The molecule has 1 aromatic heterocycles. The minimum atomic E-state index is -0.863. The van der Waals surface area contributed by atoms with Gasteiger partial charge in [-0.1, -0.05) is 11.6 Å². The zero-order valence-corrected chi connectivity index (χ0v) is 13.7. The van der Waals surface area contributed by atoms with Gasteiger partial charge >= 0.3 is 5.69 Å². The van der Waals surface area contributed by atoms with E-state index in [1.807, 2.05) is 0 Å². The van der Waals surface area contributed by atoms with Crippen molar-refractivity contribution in [3.63, 3.8) is 0 Å². The van der Waals surface area contributed by atoms with Crippen molar-refractivity contribution in [3.05, 3.63) is 57.3 Å². The lowest BCUT2D eigenvalue weighted by Crippen LogP contribution is -2.30. The third-order valence-electron chi connectivity index (χ3n) is 3.84. The molecule has 0 bridgehead atoms. The number of hydrogen-bond donors (Lipinski definition) is 2. The summed E-state index contributed by atoms with van der Waals surface area (Å²) in [5.41, 5.74) is -0.504. The number of nitrogens with zero attached hydrogens (tertiary/aromatic N) is 2. The zero-order valence-electron chi connectivity index (χ0n) is 13.0. The summed E-state index contributed by atoms with van der Waals surface area (Å²) in [6, 6.07) is 5.98. The molecule has 2 unspecified atom stereocenters. The van der Waals surface area contributed by atoms with Gasteiger partial charge < -0.3 is 15.2 Å². The molecule has 0 aliphatic carbocycles. The molecular formula is C16H15ClFN3O4. The minimum absolute atomic E-state index is 0.170. The third kappa shape index (κ3) is 3.87. The Morgan fingerprint density at radius 2 is 2.12 bits per heavy atom. The second-order valence-electron chi connectivity index (χ2n) is 5.56. The Morgan fingerprint density at radius 1 is 1.40 bits per heavy atom. The number of rotatable bonds is 4. The molecule has 9 heteroatoms. The number of carbonyl (C=O) groups excluding carboxylic acids is 1. The topological polar surface area (TPSA) is 93.5 Å². The van der Waals surface area contributed by atoms with Gasteiger partial charge in [0.15, 0.2) is 11.6 Å². The van der Waals surface area contributed by atoms with Crippen LogP contribution in [-0.2, 0) is 4.74 Å². The van der Waals surface area contributed by atoms with E-state index in [1.54, 1.807) is 0 Å². The molecule has 0 spiro atoms. The van der Waals surface area contributed by atoms with Crippen molar-refractivity contribution in [1.82, 2.24) is 9.55 Å². The van der Waals surface area contributed by atoms with Crippen molar-refractivity contribution >= 4 is 23.3 Å². The van der Waals surface area contributed by atoms with Crippen molar-refractivity contribution in [3.8, 4) is 0 Å². The van der Waals surface area contributed by atoms with Crippen molar-refractivity contribution in [2.24, 2.45) is 0 Å². The van der Waals surface area contributed by atoms with E-state index < -0.39 is 29.5 Å². The lowest BCUT2D eigenvalue weighted by atomic mass is 10.2. The molecule has 1 saturated heterocycles. The number of amides is 1. The number of hydrogen-bond acceptors (Lipinski definition) is 5. The molecule has 2 heterocycles. The van der Waals surface area contributed by atoms with Gasteiger partial charge in [0.2, 0.25) is 0 Å². The second-order valence-corrected chi connectivity index (χ2v) is 6.00. The molecule has 0 radical (unpaired) electrons. The van der Waals surface area contributed by atoms with Crippen LogP contribution in [0.1, 0.15) is 29.4 Å². The monoisotopic (exact) mass is 367 g/mol. The number of benzene rings is 1. The Hall–Kier alpha value is -2.29. The molecule has 1 aliphatic rings. The van der Waals surface area contributed by atoms with Crippen LogP contribution in [0.25, 0.3) is 0 Å². The molecule has 1 aliphatic heterocycles. The SMILES string of the molecule is O=C(Nc1nc(=O)n(C2CCC(CO)O2)cc1F)c1ccc(Cl)cc1. The number of anilines is 1. The Bertz CT molecular complexity index is 840. The van der Waals surface area contributed by atoms with Crippen LogP contribution >= 0.6 is 11.6 Å². The smallest absolute Gasteiger partial charge is 0.351 e. The molecule has 1 amide bonds. The first-order valence-corrected chi connectivity index (χ1v) is 7.97. The number of carbonyl (C=O) groups is 1. The molecule has 7 nitrogen and oxygen atoms in total. The normalized spacial score (nSPS) is 19.8. The van der Waals surface area contributed by atoms with Crippen LogP contribution in [0.3, 0.4) is 0 Å². The maximum absolute atomic E-state index is 14.2. The fraction of sp³-hybridized carbons (Fsp3) is 0.312. The number of aliphatic hydroxyl groups is 1. The highest BCUT2D eigenvalue weighted by Gasteiger charge is 2.27. The van der Waals surface area contributed by atoms with Crippen LogP contribution in [0.15, 0.2) is 35.3 Å². The van der Waals surface area contributed by atoms with E-state index >= 15 is 0 Å². The van der Waals surface area contributed by atoms with E-state index in [0.29, 0.717) is 17.9 Å². The molecule has 132 valence electrons. The number of aromatic nitrogens is 2. The van der Waals surface area contributed by atoms with Gasteiger partial charge in [-0.3, -0.25) is 9.36 Å². The Balaban J connectivity index is 1.79. The Morgan fingerprint density at radius 3 is 2.76 bits per heavy atom. The largest absolute Gasteiger partial charge is 0.394 e. The molecule has 2 aromatic rings. The summed E-state index contributed by atoms with van der Waals surface area (Å²) < 4.78 is 20.7. The van der Waals surface area contributed by atoms with Gasteiger partial charge in [-0.25, -0.2) is 9.18 Å². The predicted molar refractivity (Wildman–Crippen MR) is 88.1 cm³/mol. The summed E-state index contributed by atoms with van der Waals surface area (Å²) in [6.07, 6.45) is 0.890. The number of aliphatic hydroxyl groups excluding tert-OH is 1. The molecule has 1 aromatic carbocycles. The third-order valence-corrected chi connectivity index (χ3v) is 4.10. The fourth-order valence-electron chi connectivity index (χ4n) is 2.55. The van der Waals surface area contributed by atoms with Gasteiger partial charge in [0.05, 0.1) is 18.9 Å². The van der Waals surface area contributed by atoms with E-state index in [4.69, 9.17) is 21.4 Å². The van der Waals surface area contributed by atoms with Crippen LogP contribution in [0.2, 0.25) is 5.02 Å². The predicted octanol–water partition coefficient (Wildman–Crippen LogP) is 1.96. The summed E-state index contributed by atoms with van der Waals surface area (Å²) in [7, 11) is 0. The van der Waals surface area contributed by atoms with E-state index in [-0.39, 0.29) is 18.3 Å². The van der Waals surface area contributed by atoms with Crippen molar-refractivity contribution < 1.29 is 19.0 Å². The molecule has 2 N–H and O–H groups in total. The van der Waals surface area contributed by atoms with E-state index in [9.17, 15) is 14.0 Å². The molecule has 3 rings (SSSR count). The van der Waals surface area contributed by atoms with E-state index in [1.165, 1.54) is 24.3 Å². The van der Waals surface area contributed by atoms with Gasteiger partial charge in [-0.2, -0.15) is 4.98 Å². The van der Waals surface area contributed by atoms with Gasteiger partial charge in [0, 0.05) is 10.6 Å². The zero-order chi connectivity index (χ0) is 18.0. The first-order valence-electron chi connectivity index (χ1n) is 7.60. The fourth-order valence-corrected chi connectivity index (χ4v) is 2.67. The maximum Gasteiger partial charge on any atom is 0.351 e. The average Bonchev–Trinajstić information content (AvgIpc) is 3.07. The number of halogens is 2. The summed E-state index contributed by atoms with van der Waals surface area (Å²) in [6.45, 7) is -0.170. The summed E-state index contributed by atoms with van der Waals surface area (Å²) in [5, 5.41) is 11.8. The van der Waals surface area contributed by atoms with Gasteiger partial charge in [-0.15, -0.1) is 0 Å². The summed E-state index contributed by atoms with van der Waals surface area (Å²) in [5.74, 6) is -1.94. The quantitative estimate of drug-likeness (QED) is 0.861. The Labute approximate surface area is 147 Å². The molecule has 0 saturated carbocycles. The summed E-state index contributed by atoms with van der Waals surface area (Å²) >= 11 is 5.75.